The Kier molecular flexibility index (Phi) is 7.18. The first-order valence-corrected chi connectivity index (χ1v) is 10.4. The molecule has 1 unspecified atom stereocenters. The summed E-state index contributed by atoms with van der Waals surface area (Å²) in [5, 5.41) is 23.9. The van der Waals surface area contributed by atoms with Crippen LogP contribution in [0.15, 0.2) is 23.2 Å². The van der Waals surface area contributed by atoms with E-state index in [2.05, 4.69) is 10.3 Å². The van der Waals surface area contributed by atoms with Gasteiger partial charge in [0.15, 0.2) is 11.3 Å². The zero-order valence-electron chi connectivity index (χ0n) is 16.7. The molecular weight excluding hydrogens is 425 g/mol. The molecule has 2 aliphatic heterocycles. The minimum Gasteiger partial charge on any atom is -0.496 e. The molecule has 1 fully saturated rings. The summed E-state index contributed by atoms with van der Waals surface area (Å²) in [7, 11) is 3.12. The van der Waals surface area contributed by atoms with Crippen molar-refractivity contribution in [3.8, 4) is 5.75 Å². The topological polar surface area (TPSA) is 92.5 Å². The van der Waals surface area contributed by atoms with Crippen LogP contribution < -0.4 is 10.1 Å². The number of aliphatic hydroxyl groups excluding tert-OH is 2. The van der Waals surface area contributed by atoms with Crippen molar-refractivity contribution in [2.24, 2.45) is 4.99 Å². The highest BCUT2D eigenvalue weighted by molar-refractivity contribution is 8.14. The number of aryl methyl sites for hydroxylation is 1. The third-order valence-electron chi connectivity index (χ3n) is 5.09. The van der Waals surface area contributed by atoms with Gasteiger partial charge in [0.1, 0.15) is 35.5 Å². The number of halogens is 3. The molecule has 6 atom stereocenters. The van der Waals surface area contributed by atoms with Crippen LogP contribution in [0.25, 0.3) is 0 Å². The molecule has 2 aliphatic rings. The van der Waals surface area contributed by atoms with Crippen LogP contribution in [0.2, 0.25) is 0 Å². The van der Waals surface area contributed by atoms with E-state index in [0.29, 0.717) is 22.9 Å². The van der Waals surface area contributed by atoms with Crippen LogP contribution in [-0.4, -0.2) is 71.6 Å². The first kappa shape index (κ1) is 23.1. The highest BCUT2D eigenvalue weighted by Gasteiger charge is 2.57. The Hall–Kier alpha value is -1.53. The standard InChI is InChI=1S/C19H25F3N2O5S/c1-4-10-7-9(5-6-11(10)27-3)8-28-16(19(20,21)22)15-14(26)13(25)12-17(29-15)30-18(23-2)24-12/h5-7,12-17,25-26H,4,8H2,1-3H3,(H,23,24)/t12-,13-,14+,15?,16-,17-/m1/s1. The molecule has 0 radical (unpaired) electrons. The Morgan fingerprint density at radius 3 is 2.63 bits per heavy atom. The van der Waals surface area contributed by atoms with E-state index < -0.39 is 42.1 Å². The van der Waals surface area contributed by atoms with Crippen LogP contribution in [0.5, 0.6) is 5.75 Å². The lowest BCUT2D eigenvalue weighted by Gasteiger charge is -2.41. The van der Waals surface area contributed by atoms with E-state index >= 15 is 0 Å². The number of aliphatic imine (C=N–C) groups is 1. The minimum atomic E-state index is -4.81. The smallest absolute Gasteiger partial charge is 0.417 e. The van der Waals surface area contributed by atoms with Crippen LogP contribution in [-0.2, 0) is 22.5 Å². The first-order chi connectivity index (χ1) is 14.2. The molecule has 0 spiro atoms. The number of rotatable bonds is 6. The Morgan fingerprint density at radius 2 is 2.03 bits per heavy atom. The second-order valence-electron chi connectivity index (χ2n) is 7.02. The van der Waals surface area contributed by atoms with E-state index in [4.69, 9.17) is 14.2 Å². The number of thioether (sulfide) groups is 1. The largest absolute Gasteiger partial charge is 0.496 e. The van der Waals surface area contributed by atoms with Gasteiger partial charge in [0, 0.05) is 7.05 Å². The summed E-state index contributed by atoms with van der Waals surface area (Å²) in [5.74, 6) is 0.646. The lowest BCUT2D eigenvalue weighted by Crippen LogP contribution is -2.61. The predicted molar refractivity (Wildman–Crippen MR) is 106 cm³/mol. The van der Waals surface area contributed by atoms with Gasteiger partial charge in [0.25, 0.3) is 0 Å². The van der Waals surface area contributed by atoms with Gasteiger partial charge in [-0.15, -0.1) is 0 Å². The molecule has 0 aromatic heterocycles. The van der Waals surface area contributed by atoms with E-state index in [-0.39, 0.29) is 6.61 Å². The highest BCUT2D eigenvalue weighted by Crippen LogP contribution is 2.40. The summed E-state index contributed by atoms with van der Waals surface area (Å²) < 4.78 is 57.3. The fraction of sp³-hybridized carbons (Fsp3) is 0.632. The summed E-state index contributed by atoms with van der Waals surface area (Å²) in [6.07, 6.45) is -11.7. The molecule has 7 nitrogen and oxygen atoms in total. The van der Waals surface area contributed by atoms with Gasteiger partial charge >= 0.3 is 6.18 Å². The molecular formula is C19H25F3N2O5S. The molecule has 1 aromatic rings. The lowest BCUT2D eigenvalue weighted by atomic mass is 9.94. The Morgan fingerprint density at radius 1 is 1.30 bits per heavy atom. The van der Waals surface area contributed by atoms with Crippen molar-refractivity contribution in [3.63, 3.8) is 0 Å². The fourth-order valence-electron chi connectivity index (χ4n) is 3.52. The maximum absolute atomic E-state index is 13.8. The number of alkyl halides is 3. The summed E-state index contributed by atoms with van der Waals surface area (Å²) in [6, 6.07) is 4.15. The number of amidine groups is 1. The summed E-state index contributed by atoms with van der Waals surface area (Å²) in [4.78, 5) is 4.14. The predicted octanol–water partition coefficient (Wildman–Crippen LogP) is 1.84. The summed E-state index contributed by atoms with van der Waals surface area (Å²) >= 11 is 1.06. The van der Waals surface area contributed by atoms with Gasteiger partial charge in [0.05, 0.1) is 13.7 Å². The van der Waals surface area contributed by atoms with Gasteiger partial charge in [-0.3, -0.25) is 4.99 Å². The molecule has 3 N–H and O–H groups in total. The molecule has 0 aliphatic carbocycles. The molecule has 0 bridgehead atoms. The van der Waals surface area contributed by atoms with Crippen LogP contribution in [0, 0.1) is 0 Å². The molecule has 2 heterocycles. The Bertz CT molecular complexity index is 779. The maximum Gasteiger partial charge on any atom is 0.417 e. The minimum absolute atomic E-state index is 0.344. The lowest BCUT2D eigenvalue weighted by molar-refractivity contribution is -0.286. The Balaban J connectivity index is 1.77. The van der Waals surface area contributed by atoms with Crippen molar-refractivity contribution < 1.29 is 37.6 Å². The van der Waals surface area contributed by atoms with Crippen LogP contribution in [0.1, 0.15) is 18.1 Å². The molecule has 168 valence electrons. The van der Waals surface area contributed by atoms with Crippen LogP contribution in [0.4, 0.5) is 13.2 Å². The van der Waals surface area contributed by atoms with Crippen LogP contribution >= 0.6 is 11.8 Å². The number of methoxy groups -OCH3 is 1. The molecule has 30 heavy (non-hydrogen) atoms. The highest BCUT2D eigenvalue weighted by atomic mass is 32.2. The second kappa shape index (κ2) is 9.31. The van der Waals surface area contributed by atoms with Crippen molar-refractivity contribution in [1.82, 2.24) is 5.32 Å². The van der Waals surface area contributed by atoms with Gasteiger partial charge in [-0.2, -0.15) is 13.2 Å². The van der Waals surface area contributed by atoms with E-state index in [0.717, 1.165) is 17.3 Å². The Labute approximate surface area is 176 Å². The zero-order chi connectivity index (χ0) is 22.1. The second-order valence-corrected chi connectivity index (χ2v) is 8.10. The number of fused-ring (bicyclic) bond motifs is 1. The van der Waals surface area contributed by atoms with Crippen molar-refractivity contribution in [3.05, 3.63) is 29.3 Å². The molecule has 1 aromatic carbocycles. The van der Waals surface area contributed by atoms with Crippen molar-refractivity contribution >= 4 is 16.9 Å². The molecule has 1 saturated heterocycles. The summed E-state index contributed by atoms with van der Waals surface area (Å²) in [6.45, 7) is 1.56. The van der Waals surface area contributed by atoms with E-state index in [1.54, 1.807) is 25.2 Å². The number of nitrogens with one attached hydrogen (secondary N) is 1. The monoisotopic (exact) mass is 450 g/mol. The van der Waals surface area contributed by atoms with Crippen molar-refractivity contribution in [2.75, 3.05) is 14.2 Å². The number of hydrogen-bond donors (Lipinski definition) is 3. The molecule has 3 rings (SSSR count). The quantitative estimate of drug-likeness (QED) is 0.609. The van der Waals surface area contributed by atoms with E-state index in [1.165, 1.54) is 7.11 Å². The number of benzene rings is 1. The number of hydrogen-bond acceptors (Lipinski definition) is 8. The number of aliphatic hydroxyl groups is 2. The third kappa shape index (κ3) is 4.70. The van der Waals surface area contributed by atoms with Gasteiger partial charge in [0.2, 0.25) is 0 Å². The first-order valence-electron chi connectivity index (χ1n) is 9.47. The van der Waals surface area contributed by atoms with Gasteiger partial charge in [-0.05, 0) is 29.7 Å². The number of nitrogens with zero attached hydrogens (tertiary/aromatic N) is 1. The molecule has 0 saturated carbocycles. The van der Waals surface area contributed by atoms with Gasteiger partial charge in [-0.25, -0.2) is 0 Å². The average molecular weight is 450 g/mol. The van der Waals surface area contributed by atoms with Gasteiger partial charge < -0.3 is 29.7 Å². The van der Waals surface area contributed by atoms with Crippen molar-refractivity contribution in [2.45, 2.75) is 62.0 Å². The van der Waals surface area contributed by atoms with E-state index in [9.17, 15) is 23.4 Å². The normalized spacial score (nSPS) is 29.9. The third-order valence-corrected chi connectivity index (χ3v) is 6.25. The van der Waals surface area contributed by atoms with E-state index in [1.807, 2.05) is 6.92 Å². The number of ether oxygens (including phenoxy) is 3. The maximum atomic E-state index is 13.8. The van der Waals surface area contributed by atoms with Gasteiger partial charge in [-0.1, -0.05) is 24.8 Å². The average Bonchev–Trinajstić information content (AvgIpc) is 3.14. The SMILES string of the molecule is CCc1cc(CO[C@H](C2O[C@@H]3SC(NC)=N[C@@H]3[C@@H](O)[C@@H]2O)C(F)(F)F)ccc1OC. The van der Waals surface area contributed by atoms with Crippen LogP contribution in [0.3, 0.4) is 0 Å². The van der Waals surface area contributed by atoms with Crippen molar-refractivity contribution in [1.29, 1.82) is 0 Å². The molecule has 0 amide bonds. The summed E-state index contributed by atoms with van der Waals surface area (Å²) in [5.41, 5.74) is 0.520. The molecule has 11 heteroatoms. The fourth-order valence-corrected chi connectivity index (χ4v) is 4.58. The zero-order valence-corrected chi connectivity index (χ0v) is 17.5.